The van der Waals surface area contributed by atoms with Crippen LogP contribution < -0.4 is 5.32 Å². The molecule has 1 N–H and O–H groups in total. The fraction of sp³-hybridized carbons (Fsp3) is 0.267. The molecule has 4 nitrogen and oxygen atoms in total. The molecule has 20 heavy (non-hydrogen) atoms. The molecule has 0 spiro atoms. The van der Waals surface area contributed by atoms with E-state index in [9.17, 15) is 4.79 Å². The molecule has 0 radical (unpaired) electrons. The number of carbonyl (C=O) groups is 1. The van der Waals surface area contributed by atoms with E-state index >= 15 is 0 Å². The number of benzene rings is 1. The number of aromatic nitrogens is 2. The second kappa shape index (κ2) is 6.96. The van der Waals surface area contributed by atoms with Gasteiger partial charge in [-0.1, -0.05) is 48.1 Å². The summed E-state index contributed by atoms with van der Waals surface area (Å²) in [6.07, 6.45) is 5.21. The largest absolute Gasteiger partial charge is 0.297 e. The first-order chi connectivity index (χ1) is 9.67. The van der Waals surface area contributed by atoms with Crippen molar-refractivity contribution in [1.29, 1.82) is 0 Å². The summed E-state index contributed by atoms with van der Waals surface area (Å²) in [7, 11) is 0. The highest BCUT2D eigenvalue weighted by Crippen LogP contribution is 2.16. The zero-order valence-electron chi connectivity index (χ0n) is 11.6. The second-order valence-corrected chi connectivity index (χ2v) is 5.55. The van der Waals surface area contributed by atoms with Crippen LogP contribution in [0.4, 0.5) is 5.13 Å². The van der Waals surface area contributed by atoms with Crippen LogP contribution in [-0.4, -0.2) is 16.1 Å². The van der Waals surface area contributed by atoms with Crippen LogP contribution in [0.2, 0.25) is 0 Å². The van der Waals surface area contributed by atoms with Crippen molar-refractivity contribution in [3.63, 3.8) is 0 Å². The van der Waals surface area contributed by atoms with E-state index < -0.39 is 0 Å². The molecular weight excluding hydrogens is 270 g/mol. The van der Waals surface area contributed by atoms with Crippen molar-refractivity contribution in [3.8, 4) is 0 Å². The van der Waals surface area contributed by atoms with E-state index in [0.717, 1.165) is 23.4 Å². The molecule has 1 aromatic heterocycles. The van der Waals surface area contributed by atoms with E-state index in [-0.39, 0.29) is 5.91 Å². The Kier molecular flexibility index (Phi) is 5.01. The minimum absolute atomic E-state index is 0.190. The number of hydrogen-bond acceptors (Lipinski definition) is 4. The quantitative estimate of drug-likeness (QED) is 0.857. The average Bonchev–Trinajstić information content (AvgIpc) is 2.86. The molecule has 0 bridgehead atoms. The molecule has 0 atom stereocenters. The van der Waals surface area contributed by atoms with Crippen LogP contribution in [0.1, 0.15) is 29.5 Å². The van der Waals surface area contributed by atoms with Crippen LogP contribution in [0.25, 0.3) is 6.08 Å². The molecule has 2 rings (SSSR count). The summed E-state index contributed by atoms with van der Waals surface area (Å²) in [6, 6.07) is 7.98. The summed E-state index contributed by atoms with van der Waals surface area (Å²) in [5.41, 5.74) is 2.19. The SMILES string of the molecule is CCCc1nnc(NC(=O)/C=C/c2ccc(C)cc2)s1. The Morgan fingerprint density at radius 3 is 2.75 bits per heavy atom. The minimum Gasteiger partial charge on any atom is -0.297 e. The van der Waals surface area contributed by atoms with E-state index in [1.165, 1.54) is 23.0 Å². The fourth-order valence-corrected chi connectivity index (χ4v) is 2.46. The monoisotopic (exact) mass is 287 g/mol. The maximum atomic E-state index is 11.8. The van der Waals surface area contributed by atoms with Crippen molar-refractivity contribution in [3.05, 3.63) is 46.5 Å². The second-order valence-electron chi connectivity index (χ2n) is 4.48. The minimum atomic E-state index is -0.190. The predicted molar refractivity (Wildman–Crippen MR) is 82.7 cm³/mol. The lowest BCUT2D eigenvalue weighted by Gasteiger charge is -1.96. The first-order valence-corrected chi connectivity index (χ1v) is 7.37. The van der Waals surface area contributed by atoms with Gasteiger partial charge in [0.05, 0.1) is 0 Å². The Labute approximate surface area is 122 Å². The van der Waals surface area contributed by atoms with Gasteiger partial charge in [-0.15, -0.1) is 10.2 Å². The van der Waals surface area contributed by atoms with Gasteiger partial charge in [0.15, 0.2) is 0 Å². The lowest BCUT2D eigenvalue weighted by Crippen LogP contribution is -2.07. The summed E-state index contributed by atoms with van der Waals surface area (Å²) >= 11 is 1.42. The van der Waals surface area contributed by atoms with Gasteiger partial charge in [0, 0.05) is 12.5 Å². The van der Waals surface area contributed by atoms with Crippen molar-refractivity contribution < 1.29 is 4.79 Å². The molecule has 0 aliphatic rings. The van der Waals surface area contributed by atoms with Crippen molar-refractivity contribution in [2.75, 3.05) is 5.32 Å². The van der Waals surface area contributed by atoms with Crippen LogP contribution in [0, 0.1) is 6.92 Å². The molecule has 0 aliphatic carbocycles. The maximum absolute atomic E-state index is 11.8. The highest BCUT2D eigenvalue weighted by atomic mass is 32.1. The van der Waals surface area contributed by atoms with Gasteiger partial charge in [-0.2, -0.15) is 0 Å². The zero-order valence-corrected chi connectivity index (χ0v) is 12.4. The normalized spacial score (nSPS) is 10.9. The summed E-state index contributed by atoms with van der Waals surface area (Å²) in [6.45, 7) is 4.12. The highest BCUT2D eigenvalue weighted by molar-refractivity contribution is 7.15. The van der Waals surface area contributed by atoms with Gasteiger partial charge in [0.2, 0.25) is 11.0 Å². The summed E-state index contributed by atoms with van der Waals surface area (Å²) in [4.78, 5) is 11.8. The molecule has 0 aliphatic heterocycles. The lowest BCUT2D eigenvalue weighted by molar-refractivity contribution is -0.111. The van der Waals surface area contributed by atoms with E-state index in [4.69, 9.17) is 0 Å². The van der Waals surface area contributed by atoms with Gasteiger partial charge < -0.3 is 0 Å². The van der Waals surface area contributed by atoms with E-state index in [1.807, 2.05) is 31.2 Å². The number of anilines is 1. The Bertz CT molecular complexity index is 602. The third-order valence-electron chi connectivity index (χ3n) is 2.67. The molecule has 0 unspecified atom stereocenters. The first kappa shape index (κ1) is 14.4. The van der Waals surface area contributed by atoms with Crippen LogP contribution in [-0.2, 0) is 11.2 Å². The lowest BCUT2D eigenvalue weighted by atomic mass is 10.1. The zero-order chi connectivity index (χ0) is 14.4. The molecular formula is C15H17N3OS. The molecule has 0 saturated heterocycles. The topological polar surface area (TPSA) is 54.9 Å². The number of nitrogens with one attached hydrogen (secondary N) is 1. The number of amides is 1. The third kappa shape index (κ3) is 4.28. The number of rotatable bonds is 5. The van der Waals surface area contributed by atoms with E-state index in [1.54, 1.807) is 6.08 Å². The molecule has 5 heteroatoms. The fourth-order valence-electron chi connectivity index (χ4n) is 1.62. The average molecular weight is 287 g/mol. The molecule has 104 valence electrons. The van der Waals surface area contributed by atoms with E-state index in [0.29, 0.717) is 5.13 Å². The van der Waals surface area contributed by atoms with Crippen molar-refractivity contribution in [2.24, 2.45) is 0 Å². The molecule has 1 aromatic carbocycles. The van der Waals surface area contributed by atoms with Gasteiger partial charge in [-0.25, -0.2) is 0 Å². The van der Waals surface area contributed by atoms with Gasteiger partial charge in [0.1, 0.15) is 5.01 Å². The number of aryl methyl sites for hydroxylation is 2. The van der Waals surface area contributed by atoms with Gasteiger partial charge in [-0.3, -0.25) is 10.1 Å². The van der Waals surface area contributed by atoms with Gasteiger partial charge in [-0.05, 0) is 25.0 Å². The Morgan fingerprint density at radius 1 is 1.30 bits per heavy atom. The van der Waals surface area contributed by atoms with Crippen molar-refractivity contribution in [1.82, 2.24) is 10.2 Å². The number of hydrogen-bond donors (Lipinski definition) is 1. The van der Waals surface area contributed by atoms with Crippen LogP contribution >= 0.6 is 11.3 Å². The van der Waals surface area contributed by atoms with Crippen molar-refractivity contribution >= 4 is 28.5 Å². The summed E-state index contributed by atoms with van der Waals surface area (Å²) in [5, 5.41) is 12.2. The summed E-state index contributed by atoms with van der Waals surface area (Å²) < 4.78 is 0. The smallest absolute Gasteiger partial charge is 0.250 e. The first-order valence-electron chi connectivity index (χ1n) is 6.55. The molecule has 1 amide bonds. The third-order valence-corrected chi connectivity index (χ3v) is 3.56. The highest BCUT2D eigenvalue weighted by Gasteiger charge is 2.05. The number of nitrogens with zero attached hydrogens (tertiary/aromatic N) is 2. The maximum Gasteiger partial charge on any atom is 0.250 e. The standard InChI is InChI=1S/C15H17N3OS/c1-3-4-14-17-18-15(20-14)16-13(19)10-9-12-7-5-11(2)6-8-12/h5-10H,3-4H2,1-2H3,(H,16,18,19)/b10-9+. The Balaban J connectivity index is 1.92. The Hall–Kier alpha value is -2.01. The van der Waals surface area contributed by atoms with E-state index in [2.05, 4.69) is 22.4 Å². The predicted octanol–water partition coefficient (Wildman–Crippen LogP) is 3.45. The summed E-state index contributed by atoms with van der Waals surface area (Å²) in [5.74, 6) is -0.190. The molecule has 1 heterocycles. The van der Waals surface area contributed by atoms with Crippen LogP contribution in [0.3, 0.4) is 0 Å². The molecule has 0 fully saturated rings. The van der Waals surface area contributed by atoms with Crippen molar-refractivity contribution in [2.45, 2.75) is 26.7 Å². The van der Waals surface area contributed by atoms with Crippen LogP contribution in [0.15, 0.2) is 30.3 Å². The molecule has 0 saturated carbocycles. The molecule has 2 aromatic rings. The Morgan fingerprint density at radius 2 is 2.05 bits per heavy atom. The number of carbonyl (C=O) groups excluding carboxylic acids is 1. The van der Waals surface area contributed by atoms with Gasteiger partial charge in [0.25, 0.3) is 0 Å². The van der Waals surface area contributed by atoms with Gasteiger partial charge >= 0.3 is 0 Å². The van der Waals surface area contributed by atoms with Crippen LogP contribution in [0.5, 0.6) is 0 Å².